The van der Waals surface area contributed by atoms with Gasteiger partial charge in [-0.15, -0.1) is 0 Å². The van der Waals surface area contributed by atoms with E-state index in [1.807, 2.05) is 12.1 Å². The lowest BCUT2D eigenvalue weighted by atomic mass is 10.1. The summed E-state index contributed by atoms with van der Waals surface area (Å²) in [6.07, 6.45) is 1.06. The molecule has 0 saturated carbocycles. The number of phenolic OH excluding ortho intramolecular Hbond substituents is 1. The van der Waals surface area contributed by atoms with Crippen molar-refractivity contribution in [3.63, 3.8) is 0 Å². The van der Waals surface area contributed by atoms with Crippen LogP contribution < -0.4 is 5.73 Å². The summed E-state index contributed by atoms with van der Waals surface area (Å²) in [5.41, 5.74) is 8.15. The Balaban J connectivity index is 2.17. The third kappa shape index (κ3) is 1.23. The van der Waals surface area contributed by atoms with Crippen LogP contribution in [0.1, 0.15) is 5.69 Å². The quantitative estimate of drug-likeness (QED) is 0.736. The molecule has 1 aromatic heterocycles. The molecule has 1 atom stereocenters. The zero-order valence-electron chi connectivity index (χ0n) is 8.48. The van der Waals surface area contributed by atoms with Gasteiger partial charge in [-0.25, -0.2) is 0 Å². The average molecular weight is 202 g/mol. The fraction of sp³-hybridized carbons (Fsp3) is 0.333. The second-order valence-corrected chi connectivity index (χ2v) is 4.30. The molecule has 1 aromatic carbocycles. The molecular formula is C12H14N2O. The van der Waals surface area contributed by atoms with Gasteiger partial charge in [0.15, 0.2) is 0 Å². The van der Waals surface area contributed by atoms with Crippen LogP contribution in [0.4, 0.5) is 0 Å². The smallest absolute Gasteiger partial charge is 0.117 e. The summed E-state index contributed by atoms with van der Waals surface area (Å²) in [6.45, 7) is 1.72. The Kier molecular flexibility index (Phi) is 1.76. The number of aromatic nitrogens is 1. The minimum atomic E-state index is 0.333. The van der Waals surface area contributed by atoms with Gasteiger partial charge in [0.05, 0.1) is 5.52 Å². The van der Waals surface area contributed by atoms with Crippen molar-refractivity contribution in [3.05, 3.63) is 30.0 Å². The van der Waals surface area contributed by atoms with Crippen LogP contribution in [0.15, 0.2) is 24.3 Å². The number of phenols is 1. The Labute approximate surface area is 88.1 Å². The number of hydrogen-bond acceptors (Lipinski definition) is 2. The van der Waals surface area contributed by atoms with Crippen molar-refractivity contribution in [1.82, 2.24) is 4.57 Å². The molecule has 3 rings (SSSR count). The largest absolute Gasteiger partial charge is 0.508 e. The van der Waals surface area contributed by atoms with Gasteiger partial charge < -0.3 is 15.4 Å². The van der Waals surface area contributed by atoms with Gasteiger partial charge in [-0.2, -0.15) is 0 Å². The molecule has 1 aliphatic heterocycles. The molecule has 2 heterocycles. The molecule has 1 aliphatic rings. The van der Waals surface area contributed by atoms with E-state index in [2.05, 4.69) is 10.6 Å². The molecule has 1 unspecified atom stereocenters. The normalized spacial score (nSPS) is 19.7. The monoisotopic (exact) mass is 202 g/mol. The predicted molar refractivity (Wildman–Crippen MR) is 59.9 cm³/mol. The standard InChI is InChI=1S/C12H14N2O/c13-6-8-3-10-4-9-1-2-11(15)5-12(9)14(10)7-8/h1-2,4-5,8,15H,3,6-7,13H2. The van der Waals surface area contributed by atoms with E-state index in [4.69, 9.17) is 5.73 Å². The Morgan fingerprint density at radius 3 is 3.07 bits per heavy atom. The minimum Gasteiger partial charge on any atom is -0.508 e. The van der Waals surface area contributed by atoms with Crippen LogP contribution in [0.3, 0.4) is 0 Å². The maximum absolute atomic E-state index is 9.46. The Morgan fingerprint density at radius 1 is 1.40 bits per heavy atom. The maximum Gasteiger partial charge on any atom is 0.117 e. The number of hydrogen-bond donors (Lipinski definition) is 2. The van der Waals surface area contributed by atoms with Gasteiger partial charge in [-0.05, 0) is 37.1 Å². The molecule has 3 heteroatoms. The van der Waals surface area contributed by atoms with E-state index in [1.165, 1.54) is 11.1 Å². The zero-order valence-corrected chi connectivity index (χ0v) is 8.48. The summed E-state index contributed by atoms with van der Waals surface area (Å²) in [7, 11) is 0. The third-order valence-electron chi connectivity index (χ3n) is 3.25. The van der Waals surface area contributed by atoms with Gasteiger partial charge >= 0.3 is 0 Å². The average Bonchev–Trinajstić information content (AvgIpc) is 2.75. The molecule has 3 N–H and O–H groups in total. The Morgan fingerprint density at radius 2 is 2.27 bits per heavy atom. The molecule has 0 radical (unpaired) electrons. The molecule has 15 heavy (non-hydrogen) atoms. The van der Waals surface area contributed by atoms with Crippen molar-refractivity contribution in [2.24, 2.45) is 11.7 Å². The molecule has 78 valence electrons. The molecule has 0 spiro atoms. The molecule has 0 fully saturated rings. The summed E-state index contributed by atoms with van der Waals surface area (Å²) in [6, 6.07) is 7.73. The van der Waals surface area contributed by atoms with E-state index in [1.54, 1.807) is 6.07 Å². The van der Waals surface area contributed by atoms with Crippen LogP contribution in [0.5, 0.6) is 5.75 Å². The molecule has 0 bridgehead atoms. The van der Waals surface area contributed by atoms with E-state index in [0.717, 1.165) is 25.0 Å². The van der Waals surface area contributed by atoms with Crippen molar-refractivity contribution in [2.75, 3.05) is 6.54 Å². The summed E-state index contributed by atoms with van der Waals surface area (Å²) >= 11 is 0. The van der Waals surface area contributed by atoms with Crippen LogP contribution in [0, 0.1) is 5.92 Å². The highest BCUT2D eigenvalue weighted by Gasteiger charge is 2.22. The van der Waals surface area contributed by atoms with Crippen LogP contribution in [-0.4, -0.2) is 16.2 Å². The second kappa shape index (κ2) is 3.00. The number of aromatic hydroxyl groups is 1. The van der Waals surface area contributed by atoms with Crippen molar-refractivity contribution < 1.29 is 5.11 Å². The molecule has 0 saturated heterocycles. The summed E-state index contributed by atoms with van der Waals surface area (Å²) in [5.74, 6) is 0.895. The van der Waals surface area contributed by atoms with Gasteiger partial charge in [-0.3, -0.25) is 0 Å². The van der Waals surface area contributed by atoms with Crippen molar-refractivity contribution in [2.45, 2.75) is 13.0 Å². The highest BCUT2D eigenvalue weighted by atomic mass is 16.3. The molecule has 3 nitrogen and oxygen atoms in total. The fourth-order valence-corrected chi connectivity index (χ4v) is 2.46. The first kappa shape index (κ1) is 8.80. The Bertz CT molecular complexity index is 516. The number of nitrogens with zero attached hydrogens (tertiary/aromatic N) is 1. The van der Waals surface area contributed by atoms with E-state index in [9.17, 15) is 5.11 Å². The molecular weight excluding hydrogens is 188 g/mol. The van der Waals surface area contributed by atoms with Crippen LogP contribution in [0.25, 0.3) is 10.9 Å². The lowest BCUT2D eigenvalue weighted by Gasteiger charge is -2.05. The van der Waals surface area contributed by atoms with Crippen LogP contribution in [-0.2, 0) is 13.0 Å². The lowest BCUT2D eigenvalue weighted by Crippen LogP contribution is -2.15. The van der Waals surface area contributed by atoms with Gasteiger partial charge in [-0.1, -0.05) is 0 Å². The summed E-state index contributed by atoms with van der Waals surface area (Å²) in [5, 5.41) is 10.7. The maximum atomic E-state index is 9.46. The zero-order chi connectivity index (χ0) is 10.4. The van der Waals surface area contributed by atoms with E-state index >= 15 is 0 Å². The third-order valence-corrected chi connectivity index (χ3v) is 3.25. The van der Waals surface area contributed by atoms with Crippen LogP contribution >= 0.6 is 0 Å². The van der Waals surface area contributed by atoms with E-state index in [-0.39, 0.29) is 0 Å². The molecule has 2 aromatic rings. The number of rotatable bonds is 1. The SMILES string of the molecule is NCC1Cc2cc3ccc(O)cc3n2C1. The second-order valence-electron chi connectivity index (χ2n) is 4.30. The highest BCUT2D eigenvalue weighted by molar-refractivity contribution is 5.83. The first-order valence-electron chi connectivity index (χ1n) is 5.29. The van der Waals surface area contributed by atoms with Crippen molar-refractivity contribution in [3.8, 4) is 5.75 Å². The van der Waals surface area contributed by atoms with Gasteiger partial charge in [0, 0.05) is 23.7 Å². The summed E-state index contributed by atoms with van der Waals surface area (Å²) < 4.78 is 2.27. The fourth-order valence-electron chi connectivity index (χ4n) is 2.46. The first-order valence-corrected chi connectivity index (χ1v) is 5.29. The van der Waals surface area contributed by atoms with E-state index in [0.29, 0.717) is 11.7 Å². The van der Waals surface area contributed by atoms with E-state index < -0.39 is 0 Å². The molecule has 0 amide bonds. The summed E-state index contributed by atoms with van der Waals surface area (Å²) in [4.78, 5) is 0. The van der Waals surface area contributed by atoms with Gasteiger partial charge in [0.2, 0.25) is 0 Å². The Hall–Kier alpha value is -1.48. The van der Waals surface area contributed by atoms with Crippen molar-refractivity contribution in [1.29, 1.82) is 0 Å². The minimum absolute atomic E-state index is 0.333. The number of benzene rings is 1. The topological polar surface area (TPSA) is 51.2 Å². The number of fused-ring (bicyclic) bond motifs is 3. The lowest BCUT2D eigenvalue weighted by molar-refractivity contribution is 0.475. The van der Waals surface area contributed by atoms with Crippen LogP contribution in [0.2, 0.25) is 0 Å². The highest BCUT2D eigenvalue weighted by Crippen LogP contribution is 2.30. The van der Waals surface area contributed by atoms with Crippen molar-refractivity contribution >= 4 is 10.9 Å². The molecule has 0 aliphatic carbocycles. The van der Waals surface area contributed by atoms with Gasteiger partial charge in [0.25, 0.3) is 0 Å². The van der Waals surface area contributed by atoms with Gasteiger partial charge in [0.1, 0.15) is 5.75 Å². The predicted octanol–water partition coefficient (Wildman–Crippen LogP) is 1.48. The first-order chi connectivity index (χ1) is 7.28. The number of nitrogens with two attached hydrogens (primary N) is 1.